The van der Waals surface area contributed by atoms with Crippen LogP contribution in [-0.2, 0) is 0 Å². The SMILES string of the molecule is COc1cccc(B2Nc3ccccc3C=C2c2ccc(F)cc2)c1. The van der Waals surface area contributed by atoms with Crippen molar-refractivity contribution < 1.29 is 9.13 Å². The Morgan fingerprint density at radius 3 is 2.52 bits per heavy atom. The molecule has 0 aliphatic carbocycles. The lowest BCUT2D eigenvalue weighted by Crippen LogP contribution is -2.41. The molecule has 0 bridgehead atoms. The molecular formula is C21H17BFNO. The number of benzene rings is 3. The van der Waals surface area contributed by atoms with E-state index in [1.807, 2.05) is 42.5 Å². The predicted octanol–water partition coefficient (Wildman–Crippen LogP) is 4.24. The third-order valence-corrected chi connectivity index (χ3v) is 4.49. The molecule has 4 heteroatoms. The van der Waals surface area contributed by atoms with E-state index < -0.39 is 0 Å². The molecular weight excluding hydrogens is 312 g/mol. The van der Waals surface area contributed by atoms with E-state index in [4.69, 9.17) is 4.74 Å². The van der Waals surface area contributed by atoms with Gasteiger partial charge >= 0.3 is 6.85 Å². The summed E-state index contributed by atoms with van der Waals surface area (Å²) in [6.07, 6.45) is 2.17. The number of anilines is 1. The third kappa shape index (κ3) is 3.03. The Balaban J connectivity index is 1.85. The number of rotatable bonds is 3. The Morgan fingerprint density at radius 1 is 0.920 bits per heavy atom. The lowest BCUT2D eigenvalue weighted by Gasteiger charge is -2.26. The number of hydrogen-bond donors (Lipinski definition) is 1. The first-order chi connectivity index (χ1) is 12.2. The molecule has 2 nitrogen and oxygen atoms in total. The summed E-state index contributed by atoms with van der Waals surface area (Å²) >= 11 is 0. The van der Waals surface area contributed by atoms with Gasteiger partial charge in [-0.3, -0.25) is 0 Å². The Hall–Kier alpha value is -3.01. The van der Waals surface area contributed by atoms with Crippen LogP contribution in [-0.4, -0.2) is 14.0 Å². The van der Waals surface area contributed by atoms with Gasteiger partial charge in [0, 0.05) is 5.69 Å². The number of ether oxygens (including phenoxy) is 1. The van der Waals surface area contributed by atoms with Gasteiger partial charge in [0.15, 0.2) is 0 Å². The first kappa shape index (κ1) is 15.5. The number of hydrogen-bond acceptors (Lipinski definition) is 2. The van der Waals surface area contributed by atoms with Gasteiger partial charge in [0.05, 0.1) is 7.11 Å². The van der Waals surface area contributed by atoms with Crippen LogP contribution < -0.4 is 15.4 Å². The van der Waals surface area contributed by atoms with Crippen LogP contribution in [0.15, 0.2) is 72.8 Å². The van der Waals surface area contributed by atoms with Crippen LogP contribution in [0.4, 0.5) is 10.1 Å². The van der Waals surface area contributed by atoms with Crippen molar-refractivity contribution >= 4 is 29.5 Å². The number of nitrogens with one attached hydrogen (secondary N) is 1. The first-order valence-corrected chi connectivity index (χ1v) is 8.21. The van der Waals surface area contributed by atoms with Crippen LogP contribution >= 0.6 is 0 Å². The zero-order valence-corrected chi connectivity index (χ0v) is 13.9. The largest absolute Gasteiger partial charge is 0.497 e. The molecule has 4 rings (SSSR count). The maximum absolute atomic E-state index is 13.4. The van der Waals surface area contributed by atoms with Gasteiger partial charge in [0.2, 0.25) is 0 Å². The van der Waals surface area contributed by atoms with Gasteiger partial charge in [-0.05, 0) is 52.4 Å². The molecule has 0 atom stereocenters. The van der Waals surface area contributed by atoms with Crippen LogP contribution in [0.1, 0.15) is 11.1 Å². The minimum atomic E-state index is -0.230. The number of methoxy groups -OCH3 is 1. The van der Waals surface area contributed by atoms with E-state index in [-0.39, 0.29) is 12.7 Å². The van der Waals surface area contributed by atoms with E-state index in [1.54, 1.807) is 7.11 Å². The Morgan fingerprint density at radius 2 is 1.72 bits per heavy atom. The van der Waals surface area contributed by atoms with Crippen molar-refractivity contribution in [2.45, 2.75) is 0 Å². The van der Waals surface area contributed by atoms with E-state index in [0.29, 0.717) is 0 Å². The molecule has 25 heavy (non-hydrogen) atoms. The number of fused-ring (bicyclic) bond motifs is 1. The Labute approximate surface area is 147 Å². The highest BCUT2D eigenvalue weighted by molar-refractivity contribution is 6.93. The van der Waals surface area contributed by atoms with Gasteiger partial charge in [-0.1, -0.05) is 48.5 Å². The van der Waals surface area contributed by atoms with E-state index >= 15 is 0 Å². The Kier molecular flexibility index (Phi) is 4.02. The fourth-order valence-corrected chi connectivity index (χ4v) is 3.21. The standard InChI is InChI=1S/C21H17BFNO/c1-25-19-7-4-6-17(14-19)22-20(15-9-11-18(23)12-10-15)13-16-5-2-3-8-21(16)24-22/h2-14,24H,1H3. The average molecular weight is 329 g/mol. The van der Waals surface area contributed by atoms with Crippen molar-refractivity contribution in [3.8, 4) is 5.75 Å². The van der Waals surface area contributed by atoms with Crippen LogP contribution in [0, 0.1) is 5.82 Å². The monoisotopic (exact) mass is 329 g/mol. The normalized spacial score (nSPS) is 12.9. The molecule has 1 aliphatic heterocycles. The summed E-state index contributed by atoms with van der Waals surface area (Å²) < 4.78 is 18.7. The molecule has 3 aromatic rings. The number of halogens is 1. The van der Waals surface area contributed by atoms with Crippen molar-refractivity contribution in [1.29, 1.82) is 0 Å². The van der Waals surface area contributed by atoms with E-state index in [1.165, 1.54) is 12.1 Å². The van der Waals surface area contributed by atoms with Gasteiger partial charge < -0.3 is 9.96 Å². The third-order valence-electron chi connectivity index (χ3n) is 4.49. The molecule has 1 heterocycles. The van der Waals surface area contributed by atoms with Gasteiger partial charge in [-0.25, -0.2) is 4.39 Å². The summed E-state index contributed by atoms with van der Waals surface area (Å²) in [6, 6.07) is 22.9. The van der Waals surface area contributed by atoms with Crippen molar-refractivity contribution in [3.63, 3.8) is 0 Å². The van der Waals surface area contributed by atoms with Gasteiger partial charge in [0.1, 0.15) is 11.6 Å². The summed E-state index contributed by atoms with van der Waals surface area (Å²) in [5, 5.41) is 3.61. The molecule has 0 saturated heterocycles. The summed E-state index contributed by atoms with van der Waals surface area (Å²) in [5.41, 5.74) is 5.41. The van der Waals surface area contributed by atoms with Crippen molar-refractivity contribution in [2.75, 3.05) is 12.3 Å². The molecule has 0 fully saturated rings. The first-order valence-electron chi connectivity index (χ1n) is 8.21. The molecule has 0 saturated carbocycles. The molecule has 0 spiro atoms. The summed E-state index contributed by atoms with van der Waals surface area (Å²) in [6.45, 7) is -0.0320. The van der Waals surface area contributed by atoms with E-state index in [9.17, 15) is 4.39 Å². The average Bonchev–Trinajstić information content (AvgIpc) is 2.67. The lowest BCUT2D eigenvalue weighted by molar-refractivity contribution is 0.415. The fourth-order valence-electron chi connectivity index (χ4n) is 3.21. The molecule has 1 N–H and O–H groups in total. The molecule has 122 valence electrons. The summed E-state index contributed by atoms with van der Waals surface area (Å²) in [5.74, 6) is 0.586. The second kappa shape index (κ2) is 6.48. The molecule has 1 aliphatic rings. The highest BCUT2D eigenvalue weighted by Gasteiger charge is 2.28. The van der Waals surface area contributed by atoms with Gasteiger partial charge in [-0.15, -0.1) is 0 Å². The van der Waals surface area contributed by atoms with E-state index in [2.05, 4.69) is 29.5 Å². The molecule has 0 radical (unpaired) electrons. The predicted molar refractivity (Wildman–Crippen MR) is 103 cm³/mol. The maximum Gasteiger partial charge on any atom is 0.321 e. The molecule has 3 aromatic carbocycles. The highest BCUT2D eigenvalue weighted by Crippen LogP contribution is 2.31. The second-order valence-electron chi connectivity index (χ2n) is 6.05. The van der Waals surface area contributed by atoms with Crippen LogP contribution in [0.3, 0.4) is 0 Å². The zero-order valence-electron chi connectivity index (χ0n) is 13.9. The summed E-state index contributed by atoms with van der Waals surface area (Å²) in [4.78, 5) is 0. The minimum absolute atomic E-state index is 0.0320. The quantitative estimate of drug-likeness (QED) is 0.726. The minimum Gasteiger partial charge on any atom is -0.497 e. The number of para-hydroxylation sites is 1. The van der Waals surface area contributed by atoms with Crippen molar-refractivity contribution in [2.24, 2.45) is 0 Å². The van der Waals surface area contributed by atoms with Crippen molar-refractivity contribution in [1.82, 2.24) is 0 Å². The molecule has 0 amide bonds. The second-order valence-corrected chi connectivity index (χ2v) is 6.05. The Bertz CT molecular complexity index is 937. The smallest absolute Gasteiger partial charge is 0.321 e. The topological polar surface area (TPSA) is 21.3 Å². The van der Waals surface area contributed by atoms with E-state index in [0.717, 1.165) is 33.5 Å². The molecule has 0 aromatic heterocycles. The maximum atomic E-state index is 13.4. The molecule has 0 unspecified atom stereocenters. The van der Waals surface area contributed by atoms with Gasteiger partial charge in [-0.2, -0.15) is 0 Å². The summed E-state index contributed by atoms with van der Waals surface area (Å²) in [7, 11) is 1.67. The van der Waals surface area contributed by atoms with Crippen LogP contribution in [0.25, 0.3) is 11.5 Å². The lowest BCUT2D eigenvalue weighted by atomic mass is 9.47. The fraction of sp³-hybridized carbons (Fsp3) is 0.0476. The van der Waals surface area contributed by atoms with Crippen molar-refractivity contribution in [3.05, 3.63) is 89.7 Å². The van der Waals surface area contributed by atoms with Crippen LogP contribution in [0.2, 0.25) is 0 Å². The van der Waals surface area contributed by atoms with Gasteiger partial charge in [0.25, 0.3) is 0 Å². The zero-order chi connectivity index (χ0) is 17.2. The highest BCUT2D eigenvalue weighted by atomic mass is 19.1. The van der Waals surface area contributed by atoms with Crippen LogP contribution in [0.5, 0.6) is 5.75 Å².